The Morgan fingerprint density at radius 1 is 1.16 bits per heavy atom. The number of alkyl halides is 2. The molecule has 0 spiro atoms. The van der Waals surface area contributed by atoms with Crippen molar-refractivity contribution in [2.24, 2.45) is 0 Å². The van der Waals surface area contributed by atoms with Gasteiger partial charge in [-0.2, -0.15) is 8.78 Å². The van der Waals surface area contributed by atoms with Gasteiger partial charge in [-0.25, -0.2) is 4.79 Å². The summed E-state index contributed by atoms with van der Waals surface area (Å²) in [6.07, 6.45) is 0.676. The van der Waals surface area contributed by atoms with Crippen molar-refractivity contribution in [2.75, 3.05) is 18.4 Å². The third kappa shape index (κ3) is 6.76. The highest BCUT2D eigenvalue weighted by molar-refractivity contribution is 7.09. The Labute approximate surface area is 147 Å². The van der Waals surface area contributed by atoms with Crippen LogP contribution in [-0.2, 0) is 11.2 Å². The number of benzene rings is 1. The van der Waals surface area contributed by atoms with Crippen LogP contribution in [0.4, 0.5) is 19.3 Å². The number of para-hydroxylation sites is 2. The minimum absolute atomic E-state index is 0.0781. The molecule has 2 aromatic rings. The molecule has 1 aromatic heterocycles. The van der Waals surface area contributed by atoms with Gasteiger partial charge in [0.05, 0.1) is 12.2 Å². The summed E-state index contributed by atoms with van der Waals surface area (Å²) >= 11 is 1.59. The number of halogens is 2. The zero-order chi connectivity index (χ0) is 18.1. The van der Waals surface area contributed by atoms with Crippen LogP contribution in [0.1, 0.15) is 4.88 Å². The van der Waals surface area contributed by atoms with Gasteiger partial charge in [-0.15, -0.1) is 11.3 Å². The van der Waals surface area contributed by atoms with Crippen LogP contribution in [0, 0.1) is 0 Å². The standard InChI is InChI=1S/C16H17F2N3O3S/c17-15(18)24-13-6-2-1-5-12(13)20-10-14(22)21-16(23)19-8-7-11-4-3-9-25-11/h1-6,9,15,20H,7-8,10H2,(H2,19,21,22,23). The van der Waals surface area contributed by atoms with E-state index in [1.165, 1.54) is 18.2 Å². The highest BCUT2D eigenvalue weighted by Gasteiger charge is 2.11. The molecule has 3 N–H and O–H groups in total. The van der Waals surface area contributed by atoms with Gasteiger partial charge in [-0.3, -0.25) is 10.1 Å². The van der Waals surface area contributed by atoms with E-state index in [1.807, 2.05) is 17.5 Å². The van der Waals surface area contributed by atoms with Gasteiger partial charge in [0.15, 0.2) is 0 Å². The molecule has 1 aromatic carbocycles. The van der Waals surface area contributed by atoms with Gasteiger partial charge in [-0.05, 0) is 30.0 Å². The van der Waals surface area contributed by atoms with Crippen molar-refractivity contribution >= 4 is 29.0 Å². The lowest BCUT2D eigenvalue weighted by Gasteiger charge is -2.12. The van der Waals surface area contributed by atoms with E-state index in [0.29, 0.717) is 13.0 Å². The lowest BCUT2D eigenvalue weighted by atomic mass is 10.3. The Bertz CT molecular complexity index is 696. The number of thiophene rings is 1. The van der Waals surface area contributed by atoms with E-state index in [-0.39, 0.29) is 18.0 Å². The predicted molar refractivity (Wildman–Crippen MR) is 91.1 cm³/mol. The molecule has 0 aliphatic heterocycles. The number of ether oxygens (including phenoxy) is 1. The van der Waals surface area contributed by atoms with Gasteiger partial charge in [0, 0.05) is 11.4 Å². The summed E-state index contributed by atoms with van der Waals surface area (Å²) in [5.74, 6) is -0.675. The first-order valence-corrected chi connectivity index (χ1v) is 8.30. The minimum Gasteiger partial charge on any atom is -0.433 e. The number of rotatable bonds is 8. The van der Waals surface area contributed by atoms with Gasteiger partial charge in [0.1, 0.15) is 5.75 Å². The summed E-state index contributed by atoms with van der Waals surface area (Å²) in [4.78, 5) is 24.5. The molecule has 134 valence electrons. The molecule has 0 atom stereocenters. The fourth-order valence-electron chi connectivity index (χ4n) is 1.96. The molecule has 0 aliphatic rings. The third-order valence-electron chi connectivity index (χ3n) is 3.03. The summed E-state index contributed by atoms with van der Waals surface area (Å²) < 4.78 is 29.0. The number of hydrogen-bond acceptors (Lipinski definition) is 5. The third-order valence-corrected chi connectivity index (χ3v) is 3.97. The Morgan fingerprint density at radius 2 is 1.96 bits per heavy atom. The van der Waals surface area contributed by atoms with Gasteiger partial charge in [-0.1, -0.05) is 18.2 Å². The van der Waals surface area contributed by atoms with Gasteiger partial charge in [0.25, 0.3) is 0 Å². The van der Waals surface area contributed by atoms with Crippen LogP contribution in [0.2, 0.25) is 0 Å². The molecule has 0 aliphatic carbocycles. The molecular weight excluding hydrogens is 352 g/mol. The molecule has 9 heteroatoms. The molecule has 0 saturated carbocycles. The molecular formula is C16H17F2N3O3S. The molecule has 1 heterocycles. The van der Waals surface area contributed by atoms with Gasteiger partial charge in [0.2, 0.25) is 5.91 Å². The maximum atomic E-state index is 12.3. The highest BCUT2D eigenvalue weighted by atomic mass is 32.1. The van der Waals surface area contributed by atoms with Crippen molar-refractivity contribution in [1.29, 1.82) is 0 Å². The summed E-state index contributed by atoms with van der Waals surface area (Å²) in [7, 11) is 0. The lowest BCUT2D eigenvalue weighted by Crippen LogP contribution is -2.42. The molecule has 0 bridgehead atoms. The van der Waals surface area contributed by atoms with Crippen molar-refractivity contribution in [1.82, 2.24) is 10.6 Å². The van der Waals surface area contributed by atoms with E-state index in [1.54, 1.807) is 17.4 Å². The van der Waals surface area contributed by atoms with Crippen LogP contribution in [0.15, 0.2) is 41.8 Å². The largest absolute Gasteiger partial charge is 0.433 e. The first kappa shape index (κ1) is 18.7. The van der Waals surface area contributed by atoms with Crippen LogP contribution >= 0.6 is 11.3 Å². The van der Waals surface area contributed by atoms with E-state index >= 15 is 0 Å². The van der Waals surface area contributed by atoms with Crippen molar-refractivity contribution in [3.8, 4) is 5.75 Å². The number of carbonyl (C=O) groups is 2. The Balaban J connectivity index is 1.72. The van der Waals surface area contributed by atoms with Crippen LogP contribution in [0.3, 0.4) is 0 Å². The molecule has 0 saturated heterocycles. The second-order valence-corrected chi connectivity index (χ2v) is 5.89. The fraction of sp³-hybridized carbons (Fsp3) is 0.250. The second kappa shape index (κ2) is 9.58. The highest BCUT2D eigenvalue weighted by Crippen LogP contribution is 2.25. The number of nitrogens with one attached hydrogen (secondary N) is 3. The summed E-state index contributed by atoms with van der Waals surface area (Å²) in [5.41, 5.74) is 0.232. The van der Waals surface area contributed by atoms with E-state index in [2.05, 4.69) is 20.7 Å². The van der Waals surface area contributed by atoms with Crippen LogP contribution in [0.25, 0.3) is 0 Å². The number of amides is 3. The molecule has 3 amide bonds. The number of carbonyl (C=O) groups excluding carboxylic acids is 2. The lowest BCUT2D eigenvalue weighted by molar-refractivity contribution is -0.118. The number of hydrogen-bond donors (Lipinski definition) is 3. The summed E-state index contributed by atoms with van der Waals surface area (Å²) in [6, 6.07) is 9.25. The number of anilines is 1. The maximum Gasteiger partial charge on any atom is 0.387 e. The maximum absolute atomic E-state index is 12.3. The van der Waals surface area contributed by atoms with Crippen molar-refractivity contribution in [3.05, 3.63) is 46.7 Å². The molecule has 0 radical (unpaired) electrons. The fourth-order valence-corrected chi connectivity index (χ4v) is 2.66. The predicted octanol–water partition coefficient (Wildman–Crippen LogP) is 2.83. The van der Waals surface area contributed by atoms with Crippen molar-refractivity contribution < 1.29 is 23.1 Å². The molecule has 0 unspecified atom stereocenters. The SMILES string of the molecule is O=C(CNc1ccccc1OC(F)F)NC(=O)NCCc1cccs1. The smallest absolute Gasteiger partial charge is 0.387 e. The first-order chi connectivity index (χ1) is 12.0. The normalized spacial score (nSPS) is 10.4. The second-order valence-electron chi connectivity index (χ2n) is 4.86. The zero-order valence-electron chi connectivity index (χ0n) is 13.1. The van der Waals surface area contributed by atoms with Crippen molar-refractivity contribution in [2.45, 2.75) is 13.0 Å². The quantitative estimate of drug-likeness (QED) is 0.669. The Morgan fingerprint density at radius 3 is 2.68 bits per heavy atom. The van der Waals surface area contributed by atoms with E-state index in [0.717, 1.165) is 4.88 Å². The zero-order valence-corrected chi connectivity index (χ0v) is 13.9. The average Bonchev–Trinajstić information content (AvgIpc) is 3.07. The number of urea groups is 1. The van der Waals surface area contributed by atoms with Crippen molar-refractivity contribution in [3.63, 3.8) is 0 Å². The molecule has 25 heavy (non-hydrogen) atoms. The molecule has 0 fully saturated rings. The Hall–Kier alpha value is -2.68. The van der Waals surface area contributed by atoms with Crippen LogP contribution < -0.4 is 20.7 Å². The topological polar surface area (TPSA) is 79.5 Å². The monoisotopic (exact) mass is 369 g/mol. The molecule has 2 rings (SSSR count). The van der Waals surface area contributed by atoms with E-state index in [4.69, 9.17) is 0 Å². The molecule has 6 nitrogen and oxygen atoms in total. The van der Waals surface area contributed by atoms with Gasteiger partial charge < -0.3 is 15.4 Å². The van der Waals surface area contributed by atoms with E-state index < -0.39 is 18.5 Å². The van der Waals surface area contributed by atoms with Gasteiger partial charge >= 0.3 is 12.6 Å². The van der Waals surface area contributed by atoms with Crippen LogP contribution in [0.5, 0.6) is 5.75 Å². The number of imide groups is 1. The van der Waals surface area contributed by atoms with Crippen LogP contribution in [-0.4, -0.2) is 31.6 Å². The minimum atomic E-state index is -2.97. The first-order valence-electron chi connectivity index (χ1n) is 7.42. The summed E-state index contributed by atoms with van der Waals surface area (Å²) in [6.45, 7) is -2.83. The average molecular weight is 369 g/mol. The van der Waals surface area contributed by atoms with E-state index in [9.17, 15) is 18.4 Å². The Kier molecular flexibility index (Phi) is 7.15. The summed E-state index contributed by atoms with van der Waals surface area (Å²) in [5, 5.41) is 9.32.